The molecule has 0 aromatic heterocycles. The lowest BCUT2D eigenvalue weighted by atomic mass is 9.91. The van der Waals surface area contributed by atoms with Crippen LogP contribution in [0.1, 0.15) is 97.8 Å². The third-order valence-corrected chi connectivity index (χ3v) is 6.70. The van der Waals surface area contributed by atoms with Gasteiger partial charge in [-0.15, -0.1) is 13.2 Å². The summed E-state index contributed by atoms with van der Waals surface area (Å²) in [5, 5.41) is 15.3. The number of amides is 3. The number of aliphatic carboxylic acids is 1. The molecule has 4 atom stereocenters. The molecule has 38 heavy (non-hydrogen) atoms. The van der Waals surface area contributed by atoms with Crippen molar-refractivity contribution in [3.8, 4) is 0 Å². The molecule has 0 aromatic rings. The van der Waals surface area contributed by atoms with E-state index < -0.39 is 29.9 Å². The Morgan fingerprint density at radius 1 is 0.895 bits per heavy atom. The Hall–Kier alpha value is -2.64. The molecule has 218 valence electrons. The monoisotopic (exact) mass is 535 g/mol. The van der Waals surface area contributed by atoms with Gasteiger partial charge in [0.1, 0.15) is 12.1 Å². The van der Waals surface area contributed by atoms with Crippen LogP contribution in [0.3, 0.4) is 0 Å². The second-order valence-corrected chi connectivity index (χ2v) is 11.0. The minimum Gasteiger partial charge on any atom is -0.480 e. The van der Waals surface area contributed by atoms with E-state index in [1.807, 2.05) is 19.9 Å². The topological polar surface area (TPSA) is 116 Å². The van der Waals surface area contributed by atoms with E-state index in [4.69, 9.17) is 0 Å². The molecule has 2 unspecified atom stereocenters. The van der Waals surface area contributed by atoms with Gasteiger partial charge in [0.2, 0.25) is 17.7 Å². The molecule has 0 fully saturated rings. The Labute approximate surface area is 230 Å². The second-order valence-electron chi connectivity index (χ2n) is 11.0. The Bertz CT molecular complexity index is 750. The summed E-state index contributed by atoms with van der Waals surface area (Å²) in [5.41, 5.74) is 0. The van der Waals surface area contributed by atoms with E-state index in [1.54, 1.807) is 20.2 Å². The van der Waals surface area contributed by atoms with Gasteiger partial charge in [-0.3, -0.25) is 14.4 Å². The summed E-state index contributed by atoms with van der Waals surface area (Å²) in [6, 6.07) is -2.10. The van der Waals surface area contributed by atoms with Gasteiger partial charge in [0.25, 0.3) is 0 Å². The number of hydrogen-bond donors (Lipinski definition) is 3. The molecule has 0 aliphatic heterocycles. The minimum absolute atomic E-state index is 0.0599. The van der Waals surface area contributed by atoms with Gasteiger partial charge in [0.05, 0.1) is 0 Å². The van der Waals surface area contributed by atoms with Crippen molar-refractivity contribution in [1.82, 2.24) is 15.5 Å². The Morgan fingerprint density at radius 2 is 1.55 bits per heavy atom. The van der Waals surface area contributed by atoms with Gasteiger partial charge in [-0.05, 0) is 56.8 Å². The molecule has 8 heteroatoms. The lowest BCUT2D eigenvalue weighted by Crippen LogP contribution is -2.53. The summed E-state index contributed by atoms with van der Waals surface area (Å²) in [6.45, 7) is 13.5. The SMILES string of the molecule is C=CCCCC(CCCCCC)CC(=O)N[C@@H](CC(C)C)C(=O)N[C@@H](CC(CC=C)C(=O)N(C)C)C(=O)O. The highest BCUT2D eigenvalue weighted by Gasteiger charge is 2.31. The van der Waals surface area contributed by atoms with Crippen LogP contribution in [0.2, 0.25) is 0 Å². The van der Waals surface area contributed by atoms with E-state index in [1.165, 1.54) is 11.3 Å². The highest BCUT2D eigenvalue weighted by Crippen LogP contribution is 2.21. The molecule has 0 radical (unpaired) electrons. The Balaban J connectivity index is 5.43. The second kappa shape index (κ2) is 20.3. The average Bonchev–Trinajstić information content (AvgIpc) is 2.84. The third-order valence-electron chi connectivity index (χ3n) is 6.70. The number of rotatable bonds is 22. The number of carbonyl (C=O) groups excluding carboxylic acids is 3. The molecule has 0 heterocycles. The van der Waals surface area contributed by atoms with E-state index in [0.717, 1.165) is 44.9 Å². The molecule has 0 bridgehead atoms. The van der Waals surface area contributed by atoms with Gasteiger partial charge in [-0.1, -0.05) is 58.6 Å². The van der Waals surface area contributed by atoms with Gasteiger partial charge in [-0.25, -0.2) is 4.79 Å². The first-order chi connectivity index (χ1) is 18.0. The Kier molecular flexibility index (Phi) is 18.9. The first-order valence-electron chi connectivity index (χ1n) is 14.2. The molecule has 0 aromatic carbocycles. The van der Waals surface area contributed by atoms with Gasteiger partial charge < -0.3 is 20.6 Å². The van der Waals surface area contributed by atoms with Crippen molar-refractivity contribution in [1.29, 1.82) is 0 Å². The van der Waals surface area contributed by atoms with Crippen LogP contribution in [0.15, 0.2) is 25.3 Å². The predicted octanol–water partition coefficient (Wildman–Crippen LogP) is 5.09. The number of nitrogens with one attached hydrogen (secondary N) is 2. The number of carboxylic acids is 1. The smallest absolute Gasteiger partial charge is 0.326 e. The summed E-state index contributed by atoms with van der Waals surface area (Å²) in [7, 11) is 3.21. The van der Waals surface area contributed by atoms with Crippen molar-refractivity contribution in [3.05, 3.63) is 25.3 Å². The van der Waals surface area contributed by atoms with Crippen LogP contribution in [0.5, 0.6) is 0 Å². The van der Waals surface area contributed by atoms with Gasteiger partial charge in [0, 0.05) is 26.4 Å². The number of allylic oxidation sites excluding steroid dienone is 2. The maximum atomic E-state index is 13.2. The number of carbonyl (C=O) groups is 4. The first kappa shape index (κ1) is 35.4. The number of unbranched alkanes of at least 4 members (excludes halogenated alkanes) is 4. The van der Waals surface area contributed by atoms with Gasteiger partial charge in [0.15, 0.2) is 0 Å². The maximum absolute atomic E-state index is 13.2. The quantitative estimate of drug-likeness (QED) is 0.132. The molecule has 0 aliphatic rings. The highest BCUT2D eigenvalue weighted by atomic mass is 16.4. The van der Waals surface area contributed by atoms with Gasteiger partial charge >= 0.3 is 5.97 Å². The lowest BCUT2D eigenvalue weighted by molar-refractivity contribution is -0.143. The summed E-state index contributed by atoms with van der Waals surface area (Å²) >= 11 is 0. The van der Waals surface area contributed by atoms with Crippen LogP contribution in [0.25, 0.3) is 0 Å². The van der Waals surface area contributed by atoms with E-state index in [2.05, 4.69) is 30.7 Å². The molecule has 8 nitrogen and oxygen atoms in total. The molecule has 3 N–H and O–H groups in total. The van der Waals surface area contributed by atoms with Crippen molar-refractivity contribution >= 4 is 23.7 Å². The first-order valence-corrected chi connectivity index (χ1v) is 14.2. The van der Waals surface area contributed by atoms with Crippen LogP contribution in [0.4, 0.5) is 0 Å². The molecule has 0 aliphatic carbocycles. The zero-order valence-corrected chi connectivity index (χ0v) is 24.5. The molecule has 0 saturated carbocycles. The van der Waals surface area contributed by atoms with Crippen LogP contribution in [0, 0.1) is 17.8 Å². The summed E-state index contributed by atoms with van der Waals surface area (Å²) in [5.74, 6) is -2.45. The van der Waals surface area contributed by atoms with Gasteiger partial charge in [-0.2, -0.15) is 0 Å². The Morgan fingerprint density at radius 3 is 2.08 bits per heavy atom. The molecule has 0 spiro atoms. The summed E-state index contributed by atoms with van der Waals surface area (Å²) < 4.78 is 0. The fourth-order valence-corrected chi connectivity index (χ4v) is 4.62. The van der Waals surface area contributed by atoms with Crippen molar-refractivity contribution in [2.24, 2.45) is 17.8 Å². The van der Waals surface area contributed by atoms with Crippen LogP contribution in [-0.4, -0.2) is 59.9 Å². The standard InChI is InChI=1S/C30H53N3O5/c1-8-11-13-15-18-23(17-14-12-9-2)20-27(34)31-25(19-22(4)5)28(35)32-26(30(37)38)21-24(16-10-3)29(36)33(6)7/h9-10,22-26H,2-3,8,11-21H2,1,4-7H3,(H,31,34)(H,32,35)(H,37,38)/t23?,24?,25-,26-/m0/s1. The van der Waals surface area contributed by atoms with Crippen LogP contribution in [-0.2, 0) is 19.2 Å². The number of carboxylic acid groups (broad SMARTS) is 1. The largest absolute Gasteiger partial charge is 0.480 e. The summed E-state index contributed by atoms with van der Waals surface area (Å²) in [4.78, 5) is 52.1. The summed E-state index contributed by atoms with van der Waals surface area (Å²) in [6.07, 6.45) is 12.8. The molecule has 0 saturated heterocycles. The zero-order valence-electron chi connectivity index (χ0n) is 24.5. The fraction of sp³-hybridized carbons (Fsp3) is 0.733. The zero-order chi connectivity index (χ0) is 29.1. The molecular weight excluding hydrogens is 482 g/mol. The number of hydrogen-bond acceptors (Lipinski definition) is 4. The number of nitrogens with zero attached hydrogens (tertiary/aromatic N) is 1. The predicted molar refractivity (Wildman–Crippen MR) is 153 cm³/mol. The van der Waals surface area contributed by atoms with E-state index in [-0.39, 0.29) is 30.1 Å². The molecular formula is C30H53N3O5. The van der Waals surface area contributed by atoms with Crippen molar-refractivity contribution < 1.29 is 24.3 Å². The normalized spacial score (nSPS) is 14.2. The van der Waals surface area contributed by atoms with Crippen LogP contribution >= 0.6 is 0 Å². The maximum Gasteiger partial charge on any atom is 0.326 e. The fourth-order valence-electron chi connectivity index (χ4n) is 4.62. The van der Waals surface area contributed by atoms with E-state index in [9.17, 15) is 24.3 Å². The van der Waals surface area contributed by atoms with Crippen molar-refractivity contribution in [2.75, 3.05) is 14.1 Å². The highest BCUT2D eigenvalue weighted by molar-refractivity contribution is 5.90. The van der Waals surface area contributed by atoms with E-state index in [0.29, 0.717) is 19.3 Å². The van der Waals surface area contributed by atoms with Crippen molar-refractivity contribution in [3.63, 3.8) is 0 Å². The molecule has 0 rings (SSSR count). The van der Waals surface area contributed by atoms with E-state index >= 15 is 0 Å². The average molecular weight is 536 g/mol. The lowest BCUT2D eigenvalue weighted by Gasteiger charge is -2.26. The molecule has 3 amide bonds. The minimum atomic E-state index is -1.26. The third kappa shape index (κ3) is 15.6. The van der Waals surface area contributed by atoms with Crippen LogP contribution < -0.4 is 10.6 Å². The van der Waals surface area contributed by atoms with Crippen molar-refractivity contribution in [2.45, 2.75) is 110 Å².